The van der Waals surface area contributed by atoms with Crippen molar-refractivity contribution in [3.8, 4) is 5.75 Å². The number of phenolic OH excluding ortho intramolecular Hbond substituents is 1. The Bertz CT molecular complexity index is 527. The van der Waals surface area contributed by atoms with Crippen LogP contribution in [0.3, 0.4) is 0 Å². The summed E-state index contributed by atoms with van der Waals surface area (Å²) in [6.45, 7) is 2.01. The third-order valence-electron chi connectivity index (χ3n) is 4.49. The summed E-state index contributed by atoms with van der Waals surface area (Å²) in [5, 5.41) is 19.6. The largest absolute Gasteiger partial charge is 0.508 e. The number of aryl methyl sites for hydroxylation is 1. The molecule has 1 aromatic carbocycles. The Morgan fingerprint density at radius 3 is 2.39 bits per heavy atom. The van der Waals surface area contributed by atoms with E-state index in [0.717, 1.165) is 42.4 Å². The first-order valence-corrected chi connectivity index (χ1v) is 6.64. The van der Waals surface area contributed by atoms with Crippen molar-refractivity contribution in [2.75, 3.05) is 0 Å². The Morgan fingerprint density at radius 1 is 1.22 bits per heavy atom. The first-order valence-electron chi connectivity index (χ1n) is 6.64. The fourth-order valence-electron chi connectivity index (χ4n) is 3.37. The highest BCUT2D eigenvalue weighted by Crippen LogP contribution is 2.54. The van der Waals surface area contributed by atoms with Gasteiger partial charge in [-0.2, -0.15) is 0 Å². The van der Waals surface area contributed by atoms with Gasteiger partial charge in [-0.25, -0.2) is 0 Å². The van der Waals surface area contributed by atoms with Crippen molar-refractivity contribution in [3.05, 3.63) is 28.3 Å². The van der Waals surface area contributed by atoms with E-state index in [1.807, 2.05) is 6.92 Å². The Balaban J connectivity index is 2.23. The van der Waals surface area contributed by atoms with Crippen molar-refractivity contribution in [2.45, 2.75) is 50.9 Å². The van der Waals surface area contributed by atoms with E-state index >= 15 is 0 Å². The standard InChI is InChI=1S/C15H18O3/c1-9-8-12(16)13(15(6-7-15)14(17)18)11-5-3-2-4-10(9)11/h8,16H,2-7H2,1H3,(H,17,18). The minimum Gasteiger partial charge on any atom is -0.508 e. The van der Waals surface area contributed by atoms with Crippen LogP contribution in [-0.2, 0) is 23.1 Å². The number of aliphatic carboxylic acids is 1. The van der Waals surface area contributed by atoms with Crippen LogP contribution in [-0.4, -0.2) is 16.2 Å². The molecular formula is C15H18O3. The van der Waals surface area contributed by atoms with Crippen molar-refractivity contribution < 1.29 is 15.0 Å². The third-order valence-corrected chi connectivity index (χ3v) is 4.49. The van der Waals surface area contributed by atoms with Crippen LogP contribution in [0.15, 0.2) is 6.07 Å². The van der Waals surface area contributed by atoms with Gasteiger partial charge in [0.15, 0.2) is 0 Å². The molecule has 3 rings (SSSR count). The van der Waals surface area contributed by atoms with E-state index in [1.54, 1.807) is 6.07 Å². The first kappa shape index (κ1) is 11.6. The van der Waals surface area contributed by atoms with Gasteiger partial charge in [0, 0.05) is 5.56 Å². The van der Waals surface area contributed by atoms with Crippen molar-refractivity contribution in [1.82, 2.24) is 0 Å². The van der Waals surface area contributed by atoms with Gasteiger partial charge in [-0.3, -0.25) is 4.79 Å². The molecule has 0 atom stereocenters. The van der Waals surface area contributed by atoms with Gasteiger partial charge in [0.2, 0.25) is 0 Å². The van der Waals surface area contributed by atoms with Crippen LogP contribution in [0.4, 0.5) is 0 Å². The van der Waals surface area contributed by atoms with Crippen LogP contribution >= 0.6 is 0 Å². The maximum atomic E-state index is 11.5. The summed E-state index contributed by atoms with van der Waals surface area (Å²) in [6, 6.07) is 1.75. The Kier molecular flexibility index (Phi) is 2.40. The van der Waals surface area contributed by atoms with E-state index in [2.05, 4.69) is 0 Å². The Labute approximate surface area is 106 Å². The van der Waals surface area contributed by atoms with Gasteiger partial charge in [-0.15, -0.1) is 0 Å². The van der Waals surface area contributed by atoms with Crippen LogP contribution in [0, 0.1) is 6.92 Å². The number of carbonyl (C=O) groups is 1. The summed E-state index contributed by atoms with van der Waals surface area (Å²) in [6.07, 6.45) is 5.51. The molecule has 96 valence electrons. The monoisotopic (exact) mass is 246 g/mol. The van der Waals surface area contributed by atoms with Crippen molar-refractivity contribution in [3.63, 3.8) is 0 Å². The molecule has 0 bridgehead atoms. The average Bonchev–Trinajstić information content (AvgIpc) is 3.10. The smallest absolute Gasteiger partial charge is 0.314 e. The van der Waals surface area contributed by atoms with Crippen molar-refractivity contribution >= 4 is 5.97 Å². The van der Waals surface area contributed by atoms with Gasteiger partial charge in [-0.1, -0.05) is 0 Å². The van der Waals surface area contributed by atoms with Gasteiger partial charge in [-0.05, 0) is 68.2 Å². The molecule has 0 aromatic heterocycles. The zero-order valence-electron chi connectivity index (χ0n) is 10.6. The topological polar surface area (TPSA) is 57.5 Å². The highest BCUT2D eigenvalue weighted by atomic mass is 16.4. The molecule has 0 amide bonds. The molecule has 0 spiro atoms. The molecule has 0 saturated heterocycles. The van der Waals surface area contributed by atoms with Gasteiger partial charge >= 0.3 is 5.97 Å². The lowest BCUT2D eigenvalue weighted by Crippen LogP contribution is -2.23. The van der Waals surface area contributed by atoms with E-state index < -0.39 is 11.4 Å². The molecule has 1 aromatic rings. The van der Waals surface area contributed by atoms with E-state index in [1.165, 1.54) is 5.56 Å². The van der Waals surface area contributed by atoms with Crippen molar-refractivity contribution in [2.24, 2.45) is 0 Å². The summed E-state index contributed by atoms with van der Waals surface area (Å²) in [5.74, 6) is -0.595. The summed E-state index contributed by atoms with van der Waals surface area (Å²) in [7, 11) is 0. The lowest BCUT2D eigenvalue weighted by molar-refractivity contribution is -0.140. The zero-order chi connectivity index (χ0) is 12.9. The highest BCUT2D eigenvalue weighted by Gasteiger charge is 2.54. The van der Waals surface area contributed by atoms with Crippen LogP contribution < -0.4 is 0 Å². The van der Waals surface area contributed by atoms with E-state index in [4.69, 9.17) is 0 Å². The fraction of sp³-hybridized carbons (Fsp3) is 0.533. The maximum Gasteiger partial charge on any atom is 0.314 e. The lowest BCUT2D eigenvalue weighted by Gasteiger charge is -2.25. The second-order valence-electron chi connectivity index (χ2n) is 5.64. The quantitative estimate of drug-likeness (QED) is 0.843. The van der Waals surface area contributed by atoms with Gasteiger partial charge in [0.05, 0.1) is 5.41 Å². The average molecular weight is 246 g/mol. The number of hydrogen-bond donors (Lipinski definition) is 2. The zero-order valence-corrected chi connectivity index (χ0v) is 10.6. The lowest BCUT2D eigenvalue weighted by atomic mass is 9.79. The number of fused-ring (bicyclic) bond motifs is 1. The number of rotatable bonds is 2. The van der Waals surface area contributed by atoms with E-state index in [9.17, 15) is 15.0 Å². The van der Waals surface area contributed by atoms with Gasteiger partial charge in [0.1, 0.15) is 5.75 Å². The molecule has 1 saturated carbocycles. The number of hydrogen-bond acceptors (Lipinski definition) is 2. The SMILES string of the molecule is Cc1cc(O)c(C2(C(=O)O)CC2)c2c1CCCC2. The Hall–Kier alpha value is -1.51. The molecule has 1 fully saturated rings. The normalized spacial score (nSPS) is 20.3. The van der Waals surface area contributed by atoms with Gasteiger partial charge in [0.25, 0.3) is 0 Å². The van der Waals surface area contributed by atoms with Crippen LogP contribution in [0.25, 0.3) is 0 Å². The molecule has 2 aliphatic rings. The summed E-state index contributed by atoms with van der Waals surface area (Å²) < 4.78 is 0. The molecule has 0 radical (unpaired) electrons. The molecule has 0 unspecified atom stereocenters. The minimum atomic E-state index is -0.792. The van der Waals surface area contributed by atoms with Gasteiger partial charge < -0.3 is 10.2 Å². The molecule has 0 heterocycles. The summed E-state index contributed by atoms with van der Waals surface area (Å²) >= 11 is 0. The van der Waals surface area contributed by atoms with Crippen LogP contribution in [0.2, 0.25) is 0 Å². The first-order chi connectivity index (χ1) is 8.56. The molecule has 2 aliphatic carbocycles. The number of carboxylic acid groups (broad SMARTS) is 1. The molecule has 2 N–H and O–H groups in total. The molecule has 3 heteroatoms. The summed E-state index contributed by atoms with van der Waals surface area (Å²) in [5.41, 5.74) is 3.43. The molecular weight excluding hydrogens is 228 g/mol. The fourth-order valence-corrected chi connectivity index (χ4v) is 3.37. The number of phenols is 1. The number of benzene rings is 1. The molecule has 18 heavy (non-hydrogen) atoms. The van der Waals surface area contributed by atoms with Crippen molar-refractivity contribution in [1.29, 1.82) is 0 Å². The highest BCUT2D eigenvalue weighted by molar-refractivity contribution is 5.87. The van der Waals surface area contributed by atoms with Crippen LogP contribution in [0.5, 0.6) is 5.75 Å². The number of carboxylic acids is 1. The predicted octanol–water partition coefficient (Wildman–Crippen LogP) is 2.70. The molecule has 0 aliphatic heterocycles. The second-order valence-corrected chi connectivity index (χ2v) is 5.64. The second kappa shape index (κ2) is 3.74. The third kappa shape index (κ3) is 1.46. The molecule has 3 nitrogen and oxygen atoms in total. The summed E-state index contributed by atoms with van der Waals surface area (Å²) in [4.78, 5) is 11.5. The van der Waals surface area contributed by atoms with E-state index in [0.29, 0.717) is 12.8 Å². The van der Waals surface area contributed by atoms with E-state index in [-0.39, 0.29) is 5.75 Å². The maximum absolute atomic E-state index is 11.5. The number of aromatic hydroxyl groups is 1. The Morgan fingerprint density at radius 2 is 1.83 bits per heavy atom. The predicted molar refractivity (Wildman–Crippen MR) is 68.0 cm³/mol. The van der Waals surface area contributed by atoms with Crippen LogP contribution in [0.1, 0.15) is 47.9 Å². The minimum absolute atomic E-state index is 0.188.